The van der Waals surface area contributed by atoms with Gasteiger partial charge in [-0.25, -0.2) is 0 Å². The van der Waals surface area contributed by atoms with E-state index in [2.05, 4.69) is 54.8 Å². The highest BCUT2D eigenvalue weighted by atomic mass is 16.5. The van der Waals surface area contributed by atoms with Gasteiger partial charge >= 0.3 is 0 Å². The van der Waals surface area contributed by atoms with Gasteiger partial charge in [-0.3, -0.25) is 4.99 Å². The molecule has 1 atom stereocenters. The van der Waals surface area contributed by atoms with E-state index in [0.29, 0.717) is 0 Å². The molecule has 1 saturated carbocycles. The third-order valence-corrected chi connectivity index (χ3v) is 8.18. The second-order valence-corrected chi connectivity index (χ2v) is 10.4. The molecule has 0 radical (unpaired) electrons. The van der Waals surface area contributed by atoms with Crippen LogP contribution in [0.3, 0.4) is 0 Å². The van der Waals surface area contributed by atoms with E-state index in [9.17, 15) is 0 Å². The molecule has 2 aromatic carbocycles. The number of methoxy groups -OCH3 is 1. The Morgan fingerprint density at radius 1 is 1.05 bits per heavy atom. The lowest BCUT2D eigenvalue weighted by Gasteiger charge is -2.33. The smallest absolute Gasteiger partial charge is 0.119 e. The molecule has 3 aliphatic rings. The minimum absolute atomic E-state index is 0.0233. The van der Waals surface area contributed by atoms with Crippen molar-refractivity contribution in [1.82, 2.24) is 4.90 Å². The van der Waals surface area contributed by atoms with E-state index >= 15 is 0 Å². The summed E-state index contributed by atoms with van der Waals surface area (Å²) in [6.45, 7) is 13.8. The number of aliphatic imine (C=N–C) groups is 1. The lowest BCUT2D eigenvalue weighted by molar-refractivity contribution is -0.0979. The van der Waals surface area contributed by atoms with Crippen LogP contribution in [0.15, 0.2) is 54.0 Å². The fourth-order valence-corrected chi connectivity index (χ4v) is 6.14. The standard InChI is InChI=1S/C30H38N2O.C2H6.CH2O/c1-22-27-14-13-26(33-3)21-25(27)17-20-32(22)29-16-19-30(2,31-29)18-15-24-11-7-8-12-28(24)23-9-5-4-6-10-23;2*1-2/h7-8,11-14,21,23H,1,4-6,9-10,15-20H2,2-3H3;1-2H3;1H2. The van der Waals surface area contributed by atoms with Crippen molar-refractivity contribution in [2.24, 2.45) is 4.99 Å². The van der Waals surface area contributed by atoms with Crippen molar-refractivity contribution in [3.63, 3.8) is 0 Å². The molecule has 1 unspecified atom stereocenters. The number of carbonyl (C=O) groups is 1. The SMILES string of the molecule is C=C1c2ccc(OC)cc2CCN1C1=NC(C)(CCc2ccccc2C2CCCCC2)CC1.C=O.CC. The van der Waals surface area contributed by atoms with Crippen LogP contribution >= 0.6 is 0 Å². The van der Waals surface area contributed by atoms with Gasteiger partial charge in [0.1, 0.15) is 18.4 Å². The van der Waals surface area contributed by atoms with Crippen molar-refractivity contribution in [1.29, 1.82) is 0 Å². The molecule has 200 valence electrons. The molecule has 0 N–H and O–H groups in total. The summed E-state index contributed by atoms with van der Waals surface area (Å²) < 4.78 is 5.41. The lowest BCUT2D eigenvalue weighted by Crippen LogP contribution is -2.33. The molecule has 1 aliphatic carbocycles. The van der Waals surface area contributed by atoms with E-state index in [4.69, 9.17) is 14.5 Å². The molecule has 4 heteroatoms. The number of carbonyl (C=O) groups excluding carboxylic acids is 1. The molecule has 37 heavy (non-hydrogen) atoms. The van der Waals surface area contributed by atoms with Crippen molar-refractivity contribution in [2.75, 3.05) is 13.7 Å². The van der Waals surface area contributed by atoms with Gasteiger partial charge in [-0.05, 0) is 86.3 Å². The number of benzene rings is 2. The quantitative estimate of drug-likeness (QED) is 0.416. The zero-order valence-corrected chi connectivity index (χ0v) is 23.5. The molecule has 0 bridgehead atoms. The Morgan fingerprint density at radius 2 is 1.78 bits per heavy atom. The van der Waals surface area contributed by atoms with Gasteiger partial charge in [0.2, 0.25) is 0 Å². The highest BCUT2D eigenvalue weighted by Crippen LogP contribution is 2.38. The Balaban J connectivity index is 0.000000907. The van der Waals surface area contributed by atoms with Crippen LogP contribution < -0.4 is 4.74 Å². The second-order valence-electron chi connectivity index (χ2n) is 10.4. The number of ether oxygens (including phenoxy) is 1. The van der Waals surface area contributed by atoms with E-state index in [1.54, 1.807) is 18.2 Å². The molecular formula is C33H46N2O2. The predicted octanol–water partition coefficient (Wildman–Crippen LogP) is 8.00. The fraction of sp³-hybridized carbons (Fsp3) is 0.515. The average Bonchev–Trinajstić information content (AvgIpc) is 3.36. The topological polar surface area (TPSA) is 41.9 Å². The highest BCUT2D eigenvalue weighted by molar-refractivity contribution is 5.93. The van der Waals surface area contributed by atoms with Crippen LogP contribution in [-0.2, 0) is 17.6 Å². The minimum Gasteiger partial charge on any atom is -0.497 e. The van der Waals surface area contributed by atoms with Crippen LogP contribution in [0.25, 0.3) is 5.70 Å². The maximum absolute atomic E-state index is 8.00. The molecule has 0 aromatic heterocycles. The molecule has 0 spiro atoms. The molecule has 2 heterocycles. The number of rotatable bonds is 5. The van der Waals surface area contributed by atoms with Crippen LogP contribution in [0.4, 0.5) is 0 Å². The number of nitrogens with zero attached hydrogens (tertiary/aromatic N) is 2. The molecule has 5 rings (SSSR count). The Hall–Kier alpha value is -2.88. The Morgan fingerprint density at radius 3 is 2.51 bits per heavy atom. The predicted molar refractivity (Wildman–Crippen MR) is 157 cm³/mol. The van der Waals surface area contributed by atoms with Crippen LogP contribution in [-0.4, -0.2) is 36.7 Å². The van der Waals surface area contributed by atoms with E-state index in [0.717, 1.165) is 56.0 Å². The van der Waals surface area contributed by atoms with Crippen LogP contribution in [0, 0.1) is 0 Å². The summed E-state index contributed by atoms with van der Waals surface area (Å²) in [7, 11) is 1.73. The van der Waals surface area contributed by atoms with Gasteiger partial charge in [0.05, 0.1) is 12.6 Å². The molecule has 4 nitrogen and oxygen atoms in total. The molecule has 0 amide bonds. The molecule has 2 aromatic rings. The largest absolute Gasteiger partial charge is 0.497 e. The maximum Gasteiger partial charge on any atom is 0.119 e. The Bertz CT molecular complexity index is 1070. The minimum atomic E-state index is 0.0233. The first-order valence-electron chi connectivity index (χ1n) is 14.2. The van der Waals surface area contributed by atoms with E-state index < -0.39 is 0 Å². The summed E-state index contributed by atoms with van der Waals surface area (Å²) in [6, 6.07) is 15.6. The molecular weight excluding hydrogens is 456 g/mol. The van der Waals surface area contributed by atoms with E-state index in [-0.39, 0.29) is 5.54 Å². The summed E-state index contributed by atoms with van der Waals surface area (Å²) in [5.74, 6) is 2.92. The van der Waals surface area contributed by atoms with E-state index in [1.807, 2.05) is 26.7 Å². The summed E-state index contributed by atoms with van der Waals surface area (Å²) in [5.41, 5.74) is 6.84. The van der Waals surface area contributed by atoms with Gasteiger partial charge in [-0.15, -0.1) is 0 Å². The van der Waals surface area contributed by atoms with Crippen molar-refractivity contribution >= 4 is 18.3 Å². The van der Waals surface area contributed by atoms with Gasteiger partial charge in [0.25, 0.3) is 0 Å². The first-order chi connectivity index (χ1) is 18.1. The molecule has 1 fully saturated rings. The highest BCUT2D eigenvalue weighted by Gasteiger charge is 2.34. The van der Waals surface area contributed by atoms with Crippen molar-refractivity contribution in [2.45, 2.75) is 96.4 Å². The van der Waals surface area contributed by atoms with Gasteiger partial charge in [0, 0.05) is 24.2 Å². The Labute approximate surface area is 224 Å². The summed E-state index contributed by atoms with van der Waals surface area (Å²) in [4.78, 5) is 15.7. The number of fused-ring (bicyclic) bond motifs is 1. The van der Waals surface area contributed by atoms with Crippen LogP contribution in [0.5, 0.6) is 5.75 Å². The third kappa shape index (κ3) is 6.71. The molecule has 0 saturated heterocycles. The summed E-state index contributed by atoms with van der Waals surface area (Å²) >= 11 is 0. The monoisotopic (exact) mass is 502 g/mol. The van der Waals surface area contributed by atoms with Crippen LogP contribution in [0.2, 0.25) is 0 Å². The number of aryl methyl sites for hydroxylation is 1. The summed E-state index contributed by atoms with van der Waals surface area (Å²) in [6.07, 6.45) is 12.3. The van der Waals surface area contributed by atoms with Gasteiger partial charge in [-0.2, -0.15) is 0 Å². The van der Waals surface area contributed by atoms with Crippen LogP contribution in [0.1, 0.15) is 100 Å². The first kappa shape index (κ1) is 28.7. The number of hydrogen-bond acceptors (Lipinski definition) is 4. The normalized spacial score (nSPS) is 21.1. The van der Waals surface area contributed by atoms with E-state index in [1.165, 1.54) is 49.1 Å². The molecule has 2 aliphatic heterocycles. The average molecular weight is 503 g/mol. The zero-order chi connectivity index (χ0) is 26.8. The van der Waals surface area contributed by atoms with Gasteiger partial charge < -0.3 is 14.4 Å². The third-order valence-electron chi connectivity index (χ3n) is 8.18. The van der Waals surface area contributed by atoms with Gasteiger partial charge in [-0.1, -0.05) is 64.0 Å². The van der Waals surface area contributed by atoms with Crippen molar-refractivity contribution < 1.29 is 9.53 Å². The number of amidine groups is 1. The first-order valence-corrected chi connectivity index (χ1v) is 14.2. The Kier molecular flexibility index (Phi) is 10.5. The second kappa shape index (κ2) is 13.6. The van der Waals surface area contributed by atoms with Crippen molar-refractivity contribution in [3.05, 3.63) is 71.3 Å². The fourth-order valence-electron chi connectivity index (χ4n) is 6.14. The number of hydrogen-bond donors (Lipinski definition) is 0. The maximum atomic E-state index is 8.00. The lowest BCUT2D eigenvalue weighted by atomic mass is 9.80. The van der Waals surface area contributed by atoms with Gasteiger partial charge in [0.15, 0.2) is 0 Å². The summed E-state index contributed by atoms with van der Waals surface area (Å²) in [5, 5.41) is 0. The zero-order valence-electron chi connectivity index (χ0n) is 23.5. The van der Waals surface area contributed by atoms with Crippen molar-refractivity contribution in [3.8, 4) is 5.75 Å².